The van der Waals surface area contributed by atoms with E-state index in [4.69, 9.17) is 4.74 Å². The molecule has 0 unspecified atom stereocenters. The van der Waals surface area contributed by atoms with Crippen molar-refractivity contribution >= 4 is 23.4 Å². The van der Waals surface area contributed by atoms with E-state index in [1.54, 1.807) is 18.9 Å². The Balaban J connectivity index is 1.43. The van der Waals surface area contributed by atoms with Crippen LogP contribution in [0.4, 0.5) is 5.69 Å². The molecule has 0 saturated heterocycles. The molecule has 4 rings (SSSR count). The molecule has 6 nitrogen and oxygen atoms in total. The molecule has 0 atom stereocenters. The first kappa shape index (κ1) is 21.8. The maximum absolute atomic E-state index is 12.4. The van der Waals surface area contributed by atoms with Crippen LogP contribution < -0.4 is 5.32 Å². The van der Waals surface area contributed by atoms with Gasteiger partial charge in [-0.25, -0.2) is 0 Å². The Labute approximate surface area is 191 Å². The van der Waals surface area contributed by atoms with Crippen molar-refractivity contribution < 1.29 is 9.53 Å². The van der Waals surface area contributed by atoms with Crippen LogP contribution in [0.5, 0.6) is 0 Å². The van der Waals surface area contributed by atoms with E-state index in [-0.39, 0.29) is 5.91 Å². The third kappa shape index (κ3) is 5.43. The highest BCUT2D eigenvalue weighted by Crippen LogP contribution is 2.26. The number of carbonyl (C=O) groups excluding carboxylic acids is 1. The van der Waals surface area contributed by atoms with Crippen LogP contribution in [-0.2, 0) is 17.0 Å². The molecule has 162 valence electrons. The monoisotopic (exact) mass is 444 g/mol. The van der Waals surface area contributed by atoms with Gasteiger partial charge in [-0.05, 0) is 29.8 Å². The minimum atomic E-state index is -0.123. The molecular weight excluding hydrogens is 420 g/mol. The van der Waals surface area contributed by atoms with E-state index < -0.39 is 0 Å². The van der Waals surface area contributed by atoms with Crippen LogP contribution in [-0.4, -0.2) is 34.4 Å². The van der Waals surface area contributed by atoms with Crippen LogP contribution in [0.1, 0.15) is 15.9 Å². The molecule has 0 bridgehead atoms. The van der Waals surface area contributed by atoms with Crippen molar-refractivity contribution in [3.8, 4) is 11.4 Å². The number of para-hydroxylation sites is 1. The van der Waals surface area contributed by atoms with Gasteiger partial charge in [-0.1, -0.05) is 72.4 Å². The van der Waals surface area contributed by atoms with E-state index in [1.807, 2.05) is 84.9 Å². The second-order valence-electron chi connectivity index (χ2n) is 7.12. The van der Waals surface area contributed by atoms with Gasteiger partial charge in [0, 0.05) is 29.7 Å². The molecule has 1 amide bonds. The van der Waals surface area contributed by atoms with Gasteiger partial charge in [0.2, 0.25) is 0 Å². The number of ether oxygens (including phenoxy) is 1. The Bertz CT molecular complexity index is 1150. The molecule has 0 radical (unpaired) electrons. The molecule has 0 aliphatic carbocycles. The molecule has 0 saturated carbocycles. The molecule has 32 heavy (non-hydrogen) atoms. The molecule has 3 aromatic carbocycles. The number of hydrogen-bond acceptors (Lipinski definition) is 5. The van der Waals surface area contributed by atoms with Crippen LogP contribution in [0.3, 0.4) is 0 Å². The highest BCUT2D eigenvalue weighted by Gasteiger charge is 2.14. The molecular formula is C25H24N4O2S. The normalized spacial score (nSPS) is 10.8. The summed E-state index contributed by atoms with van der Waals surface area (Å²) in [7, 11) is 1.69. The van der Waals surface area contributed by atoms with Gasteiger partial charge >= 0.3 is 0 Å². The first-order chi connectivity index (χ1) is 15.7. The maximum atomic E-state index is 12.4. The van der Waals surface area contributed by atoms with Gasteiger partial charge < -0.3 is 10.1 Å². The highest BCUT2D eigenvalue weighted by molar-refractivity contribution is 7.98. The summed E-state index contributed by atoms with van der Waals surface area (Å²) in [5, 5.41) is 12.6. The number of amides is 1. The largest absolute Gasteiger partial charge is 0.383 e. The lowest BCUT2D eigenvalue weighted by Crippen LogP contribution is -2.11. The van der Waals surface area contributed by atoms with Gasteiger partial charge in [0.25, 0.3) is 5.91 Å². The molecule has 4 aromatic rings. The van der Waals surface area contributed by atoms with Crippen molar-refractivity contribution in [1.82, 2.24) is 14.8 Å². The number of methoxy groups -OCH3 is 1. The Kier molecular flexibility index (Phi) is 7.32. The Hall–Kier alpha value is -3.42. The maximum Gasteiger partial charge on any atom is 0.255 e. The number of hydrogen-bond donors (Lipinski definition) is 1. The summed E-state index contributed by atoms with van der Waals surface area (Å²) in [5.41, 5.74) is 3.53. The lowest BCUT2D eigenvalue weighted by atomic mass is 10.1. The smallest absolute Gasteiger partial charge is 0.255 e. The zero-order chi connectivity index (χ0) is 22.2. The van der Waals surface area contributed by atoms with E-state index in [1.165, 1.54) is 0 Å². The average Bonchev–Trinajstić information content (AvgIpc) is 3.25. The fourth-order valence-corrected chi connectivity index (χ4v) is 4.13. The third-order valence-electron chi connectivity index (χ3n) is 4.88. The fraction of sp³-hybridized carbons (Fsp3) is 0.160. The Morgan fingerprint density at radius 2 is 1.62 bits per heavy atom. The lowest BCUT2D eigenvalue weighted by Gasteiger charge is -2.10. The molecule has 1 N–H and O–H groups in total. The van der Waals surface area contributed by atoms with E-state index in [9.17, 15) is 4.79 Å². The topological polar surface area (TPSA) is 69.0 Å². The molecule has 1 heterocycles. The number of anilines is 1. The van der Waals surface area contributed by atoms with E-state index in [0.717, 1.165) is 33.5 Å². The number of aromatic nitrogens is 3. The average molecular weight is 445 g/mol. The van der Waals surface area contributed by atoms with E-state index in [0.29, 0.717) is 18.7 Å². The fourth-order valence-electron chi connectivity index (χ4n) is 3.21. The molecule has 0 aliphatic heterocycles. The second kappa shape index (κ2) is 10.7. The molecule has 0 aliphatic rings. The highest BCUT2D eigenvalue weighted by atomic mass is 32.2. The minimum Gasteiger partial charge on any atom is -0.383 e. The van der Waals surface area contributed by atoms with Gasteiger partial charge in [-0.2, -0.15) is 0 Å². The van der Waals surface area contributed by atoms with Crippen LogP contribution in [0, 0.1) is 0 Å². The molecule has 1 aromatic heterocycles. The zero-order valence-electron chi connectivity index (χ0n) is 17.8. The summed E-state index contributed by atoms with van der Waals surface area (Å²) in [6, 6.07) is 27.1. The van der Waals surface area contributed by atoms with Crippen molar-refractivity contribution in [3.63, 3.8) is 0 Å². The number of nitrogens with zero attached hydrogens (tertiary/aromatic N) is 3. The van der Waals surface area contributed by atoms with Crippen LogP contribution in [0.2, 0.25) is 0 Å². The standard InChI is InChI=1S/C25H24N4O2S/c1-31-17-16-29-23(20-8-4-2-5-9-20)27-28-25(29)32-18-19-12-14-21(15-13-19)24(30)26-22-10-6-3-7-11-22/h2-15H,16-18H2,1H3,(H,26,30). The molecule has 0 fully saturated rings. The number of nitrogens with one attached hydrogen (secondary N) is 1. The predicted molar refractivity (Wildman–Crippen MR) is 128 cm³/mol. The van der Waals surface area contributed by atoms with Crippen LogP contribution in [0.15, 0.2) is 90.1 Å². The molecule has 7 heteroatoms. The first-order valence-corrected chi connectivity index (χ1v) is 11.3. The van der Waals surface area contributed by atoms with Crippen LogP contribution in [0.25, 0.3) is 11.4 Å². The first-order valence-electron chi connectivity index (χ1n) is 10.3. The van der Waals surface area contributed by atoms with Gasteiger partial charge in [0.15, 0.2) is 11.0 Å². The Morgan fingerprint density at radius 3 is 2.31 bits per heavy atom. The zero-order valence-corrected chi connectivity index (χ0v) is 18.6. The van der Waals surface area contributed by atoms with Crippen molar-refractivity contribution in [2.45, 2.75) is 17.5 Å². The number of rotatable bonds is 9. The van der Waals surface area contributed by atoms with Crippen molar-refractivity contribution in [2.75, 3.05) is 19.0 Å². The molecule has 0 spiro atoms. The SMILES string of the molecule is COCCn1c(SCc2ccc(C(=O)Nc3ccccc3)cc2)nnc1-c1ccccc1. The van der Waals surface area contributed by atoms with Gasteiger partial charge in [-0.15, -0.1) is 10.2 Å². The van der Waals surface area contributed by atoms with Gasteiger partial charge in [-0.3, -0.25) is 9.36 Å². The van der Waals surface area contributed by atoms with Gasteiger partial charge in [0.05, 0.1) is 13.2 Å². The van der Waals surface area contributed by atoms with Crippen LogP contribution >= 0.6 is 11.8 Å². The van der Waals surface area contributed by atoms with E-state index >= 15 is 0 Å². The summed E-state index contributed by atoms with van der Waals surface area (Å²) in [6.07, 6.45) is 0. The predicted octanol–water partition coefficient (Wildman–Crippen LogP) is 5.14. The quantitative estimate of drug-likeness (QED) is 0.362. The summed E-state index contributed by atoms with van der Waals surface area (Å²) in [5.74, 6) is 1.43. The third-order valence-corrected chi connectivity index (χ3v) is 5.92. The number of benzene rings is 3. The summed E-state index contributed by atoms with van der Waals surface area (Å²) < 4.78 is 7.37. The summed E-state index contributed by atoms with van der Waals surface area (Å²) >= 11 is 1.62. The lowest BCUT2D eigenvalue weighted by molar-refractivity contribution is 0.102. The van der Waals surface area contributed by atoms with Crippen molar-refractivity contribution in [3.05, 3.63) is 96.1 Å². The number of thioether (sulfide) groups is 1. The Morgan fingerprint density at radius 1 is 0.938 bits per heavy atom. The van der Waals surface area contributed by atoms with Gasteiger partial charge in [0.1, 0.15) is 0 Å². The van der Waals surface area contributed by atoms with Crippen molar-refractivity contribution in [1.29, 1.82) is 0 Å². The summed E-state index contributed by atoms with van der Waals surface area (Å²) in [6.45, 7) is 1.26. The second-order valence-corrected chi connectivity index (χ2v) is 8.06. The summed E-state index contributed by atoms with van der Waals surface area (Å²) in [4.78, 5) is 12.4. The minimum absolute atomic E-state index is 0.123. The number of carbonyl (C=O) groups is 1. The van der Waals surface area contributed by atoms with E-state index in [2.05, 4.69) is 20.1 Å². The van der Waals surface area contributed by atoms with Crippen molar-refractivity contribution in [2.24, 2.45) is 0 Å².